The van der Waals surface area contributed by atoms with E-state index >= 15 is 0 Å². The van der Waals surface area contributed by atoms with Crippen LogP contribution >= 0.6 is 22.9 Å². The van der Waals surface area contributed by atoms with Gasteiger partial charge in [0, 0.05) is 21.8 Å². The van der Waals surface area contributed by atoms with E-state index in [0.717, 1.165) is 42.6 Å². The van der Waals surface area contributed by atoms with E-state index in [4.69, 9.17) is 16.6 Å². The van der Waals surface area contributed by atoms with Gasteiger partial charge in [0.15, 0.2) is 5.69 Å². The Morgan fingerprint density at radius 1 is 1.09 bits per heavy atom. The Bertz CT molecular complexity index is 1520. The van der Waals surface area contributed by atoms with Crippen LogP contribution in [0.15, 0.2) is 66.9 Å². The topological polar surface area (TPSA) is 75.1 Å². The van der Waals surface area contributed by atoms with Crippen LogP contribution in [0.2, 0.25) is 5.15 Å². The van der Waals surface area contributed by atoms with Crippen molar-refractivity contribution < 1.29 is 9.90 Å². The van der Waals surface area contributed by atoms with Crippen molar-refractivity contribution >= 4 is 54.9 Å². The molecular weight excluding hydrogens is 454 g/mol. The Labute approximate surface area is 199 Å². The summed E-state index contributed by atoms with van der Waals surface area (Å²) in [4.78, 5) is 20.4. The van der Waals surface area contributed by atoms with Crippen molar-refractivity contribution in [1.82, 2.24) is 9.97 Å². The molecule has 0 saturated carbocycles. The highest BCUT2D eigenvalue weighted by Crippen LogP contribution is 2.42. The molecule has 164 valence electrons. The minimum absolute atomic E-state index is 0.0948. The maximum absolute atomic E-state index is 11.7. The molecule has 0 spiro atoms. The number of carbonyl (C=O) groups is 1. The zero-order valence-electron chi connectivity index (χ0n) is 18.0. The molecule has 3 aromatic heterocycles. The Morgan fingerprint density at radius 2 is 1.88 bits per heavy atom. The lowest BCUT2D eigenvalue weighted by Gasteiger charge is -2.18. The minimum Gasteiger partial charge on any atom is -0.476 e. The molecule has 0 fully saturated rings. The zero-order valence-corrected chi connectivity index (χ0v) is 19.5. The SMILES string of the molecule is Cc1cc(C(C)Nc2ccc(Cl)nc2C(=O)O)c2sc3c(-c4ccccc4)ccnc3c2c1. The maximum atomic E-state index is 11.7. The number of aryl methyl sites for hydroxylation is 1. The second-order valence-electron chi connectivity index (χ2n) is 7.94. The first kappa shape index (κ1) is 21.4. The normalized spacial score (nSPS) is 12.2. The smallest absolute Gasteiger partial charge is 0.356 e. The third-order valence-electron chi connectivity index (χ3n) is 5.61. The minimum atomic E-state index is -1.12. The third-order valence-corrected chi connectivity index (χ3v) is 7.10. The molecule has 0 aliphatic rings. The second kappa shape index (κ2) is 8.46. The number of hydrogen-bond acceptors (Lipinski definition) is 5. The lowest BCUT2D eigenvalue weighted by molar-refractivity contribution is 0.0691. The molecule has 0 bridgehead atoms. The van der Waals surface area contributed by atoms with Gasteiger partial charge in [0.1, 0.15) is 5.15 Å². The number of pyridine rings is 2. The predicted octanol–water partition coefficient (Wildman–Crippen LogP) is 7.34. The summed E-state index contributed by atoms with van der Waals surface area (Å²) in [7, 11) is 0. The summed E-state index contributed by atoms with van der Waals surface area (Å²) in [5, 5.41) is 14.1. The van der Waals surface area contributed by atoms with Crippen LogP contribution in [0.25, 0.3) is 31.4 Å². The van der Waals surface area contributed by atoms with Crippen LogP contribution < -0.4 is 5.32 Å². The van der Waals surface area contributed by atoms with Crippen LogP contribution in [0.3, 0.4) is 0 Å². The first-order valence-corrected chi connectivity index (χ1v) is 11.7. The number of aromatic carboxylic acids is 1. The van der Waals surface area contributed by atoms with Crippen LogP contribution in [0, 0.1) is 6.92 Å². The Kier molecular flexibility index (Phi) is 5.48. The number of carboxylic acid groups (broad SMARTS) is 1. The molecule has 2 aromatic carbocycles. The average Bonchev–Trinajstić information content (AvgIpc) is 3.18. The summed E-state index contributed by atoms with van der Waals surface area (Å²) in [5.41, 5.74) is 5.82. The Hall–Kier alpha value is -3.48. The van der Waals surface area contributed by atoms with Gasteiger partial charge in [-0.25, -0.2) is 9.78 Å². The molecule has 0 aliphatic heterocycles. The van der Waals surface area contributed by atoms with Gasteiger partial charge < -0.3 is 10.4 Å². The molecule has 5 aromatic rings. The highest BCUT2D eigenvalue weighted by molar-refractivity contribution is 7.26. The number of nitrogens with zero attached hydrogens (tertiary/aromatic N) is 2. The van der Waals surface area contributed by atoms with Crippen LogP contribution in [0.5, 0.6) is 0 Å². The molecule has 7 heteroatoms. The molecule has 3 heterocycles. The van der Waals surface area contributed by atoms with Gasteiger partial charge in [0.2, 0.25) is 0 Å². The van der Waals surface area contributed by atoms with Gasteiger partial charge in [-0.3, -0.25) is 4.98 Å². The summed E-state index contributed by atoms with van der Waals surface area (Å²) >= 11 is 7.63. The predicted molar refractivity (Wildman–Crippen MR) is 136 cm³/mol. The van der Waals surface area contributed by atoms with Gasteiger partial charge in [-0.05, 0) is 49.2 Å². The number of anilines is 1. The molecule has 33 heavy (non-hydrogen) atoms. The molecule has 5 rings (SSSR count). The molecular formula is C26H20ClN3O2S. The molecule has 1 atom stereocenters. The maximum Gasteiger partial charge on any atom is 0.356 e. The van der Waals surface area contributed by atoms with E-state index in [-0.39, 0.29) is 16.9 Å². The molecule has 0 saturated heterocycles. The number of hydrogen-bond donors (Lipinski definition) is 2. The highest BCUT2D eigenvalue weighted by atomic mass is 35.5. The monoisotopic (exact) mass is 473 g/mol. The first-order chi connectivity index (χ1) is 15.9. The van der Waals surface area contributed by atoms with E-state index in [0.29, 0.717) is 5.69 Å². The van der Waals surface area contributed by atoms with Gasteiger partial charge in [0.25, 0.3) is 0 Å². The summed E-state index contributed by atoms with van der Waals surface area (Å²) in [6.45, 7) is 4.08. The van der Waals surface area contributed by atoms with Crippen molar-refractivity contribution in [3.63, 3.8) is 0 Å². The fraction of sp³-hybridized carbons (Fsp3) is 0.115. The van der Waals surface area contributed by atoms with Crippen molar-refractivity contribution in [2.24, 2.45) is 0 Å². The number of nitrogens with one attached hydrogen (secondary N) is 1. The van der Waals surface area contributed by atoms with E-state index in [1.54, 1.807) is 23.5 Å². The summed E-state index contributed by atoms with van der Waals surface area (Å²) in [5.74, 6) is -1.12. The molecule has 0 radical (unpaired) electrons. The van der Waals surface area contributed by atoms with Gasteiger partial charge >= 0.3 is 5.97 Å². The number of carboxylic acids is 1. The van der Waals surface area contributed by atoms with Crippen LogP contribution in [0.1, 0.15) is 34.6 Å². The average molecular weight is 474 g/mol. The summed E-state index contributed by atoms with van der Waals surface area (Å²) < 4.78 is 2.27. The summed E-state index contributed by atoms with van der Waals surface area (Å²) in [6.07, 6.45) is 1.86. The Balaban J connectivity index is 1.66. The molecule has 1 unspecified atom stereocenters. The lowest BCUT2D eigenvalue weighted by atomic mass is 10.0. The number of fused-ring (bicyclic) bond motifs is 3. The number of benzene rings is 2. The van der Waals surface area contributed by atoms with Crippen molar-refractivity contribution in [3.05, 3.63) is 88.8 Å². The van der Waals surface area contributed by atoms with E-state index < -0.39 is 5.97 Å². The van der Waals surface area contributed by atoms with Crippen molar-refractivity contribution in [2.45, 2.75) is 19.9 Å². The second-order valence-corrected chi connectivity index (χ2v) is 9.34. The van der Waals surface area contributed by atoms with E-state index in [1.165, 1.54) is 0 Å². The number of aromatic nitrogens is 2. The molecule has 0 aliphatic carbocycles. The van der Waals surface area contributed by atoms with Crippen LogP contribution in [-0.2, 0) is 0 Å². The van der Waals surface area contributed by atoms with Gasteiger partial charge in [0.05, 0.1) is 21.9 Å². The standard InChI is InChI=1S/C26H20ClN3O2S/c1-14-12-18(15(2)29-20-8-9-21(27)30-23(20)26(31)32)24-19(13-14)22-25(33-24)17(10-11-28-22)16-6-4-3-5-7-16/h3-13,15,29H,1-2H3,(H,31,32). The van der Waals surface area contributed by atoms with E-state index in [1.807, 2.05) is 31.3 Å². The third kappa shape index (κ3) is 3.92. The fourth-order valence-electron chi connectivity index (χ4n) is 4.13. The van der Waals surface area contributed by atoms with Crippen LogP contribution in [0.4, 0.5) is 5.69 Å². The van der Waals surface area contributed by atoms with E-state index in [9.17, 15) is 9.90 Å². The van der Waals surface area contributed by atoms with E-state index in [2.05, 4.69) is 47.6 Å². The molecule has 2 N–H and O–H groups in total. The van der Waals surface area contributed by atoms with Crippen molar-refractivity contribution in [2.75, 3.05) is 5.32 Å². The largest absolute Gasteiger partial charge is 0.476 e. The van der Waals surface area contributed by atoms with Crippen LogP contribution in [-0.4, -0.2) is 21.0 Å². The quantitative estimate of drug-likeness (QED) is 0.261. The molecule has 5 nitrogen and oxygen atoms in total. The number of rotatable bonds is 5. The summed E-state index contributed by atoms with van der Waals surface area (Å²) in [6, 6.07) is 19.7. The van der Waals surface area contributed by atoms with Gasteiger partial charge in [-0.2, -0.15) is 0 Å². The van der Waals surface area contributed by atoms with Crippen molar-refractivity contribution in [1.29, 1.82) is 0 Å². The first-order valence-electron chi connectivity index (χ1n) is 10.5. The zero-order chi connectivity index (χ0) is 23.1. The van der Waals surface area contributed by atoms with Gasteiger partial charge in [-0.1, -0.05) is 53.6 Å². The Morgan fingerprint density at radius 3 is 2.64 bits per heavy atom. The van der Waals surface area contributed by atoms with Gasteiger partial charge in [-0.15, -0.1) is 11.3 Å². The number of thiophene rings is 1. The number of halogens is 1. The fourth-order valence-corrected chi connectivity index (χ4v) is 5.65. The lowest BCUT2D eigenvalue weighted by Crippen LogP contribution is -2.12. The van der Waals surface area contributed by atoms with Crippen molar-refractivity contribution in [3.8, 4) is 11.1 Å². The highest BCUT2D eigenvalue weighted by Gasteiger charge is 2.20. The molecule has 0 amide bonds.